The minimum atomic E-state index is -1.27. The third kappa shape index (κ3) is 7.85. The van der Waals surface area contributed by atoms with Crippen molar-refractivity contribution < 1.29 is 24.6 Å². The first-order valence-electron chi connectivity index (χ1n) is 9.78. The van der Waals surface area contributed by atoms with Gasteiger partial charge >= 0.3 is 0 Å². The molecule has 0 bridgehead atoms. The molecule has 0 aliphatic rings. The van der Waals surface area contributed by atoms with Gasteiger partial charge in [-0.1, -0.05) is 24.0 Å². The monoisotopic (exact) mass is 425 g/mol. The summed E-state index contributed by atoms with van der Waals surface area (Å²) in [5.41, 5.74) is 4.47. The van der Waals surface area contributed by atoms with E-state index in [1.54, 1.807) is 31.4 Å². The fraction of sp³-hybridized carbons (Fsp3) is 0.304. The van der Waals surface area contributed by atoms with Crippen LogP contribution >= 0.6 is 0 Å². The maximum atomic E-state index is 12.3. The van der Waals surface area contributed by atoms with E-state index in [2.05, 4.69) is 22.5 Å². The predicted octanol–water partition coefficient (Wildman–Crippen LogP) is 0.807. The van der Waals surface area contributed by atoms with Crippen LogP contribution < -0.4 is 16.1 Å². The zero-order chi connectivity index (χ0) is 22.6. The van der Waals surface area contributed by atoms with Gasteiger partial charge in [0, 0.05) is 36.9 Å². The van der Waals surface area contributed by atoms with E-state index in [0.29, 0.717) is 12.2 Å². The van der Waals surface area contributed by atoms with Crippen molar-refractivity contribution in [2.75, 3.05) is 20.3 Å². The molecule has 2 aromatic rings. The third-order valence-electron chi connectivity index (χ3n) is 4.43. The molecule has 2 aromatic carbocycles. The summed E-state index contributed by atoms with van der Waals surface area (Å²) < 4.78 is 5.00. The maximum absolute atomic E-state index is 12.3. The number of nitrogens with one attached hydrogen (secondary N) is 3. The normalized spacial score (nSPS) is 12.3. The molecule has 164 valence electrons. The van der Waals surface area contributed by atoms with Gasteiger partial charge in [-0.25, -0.2) is 5.48 Å². The van der Waals surface area contributed by atoms with Crippen molar-refractivity contribution in [1.29, 1.82) is 0 Å². The zero-order valence-electron chi connectivity index (χ0n) is 17.5. The van der Waals surface area contributed by atoms with Crippen LogP contribution in [-0.2, 0) is 16.1 Å². The number of aliphatic hydroxyl groups excluding tert-OH is 1. The first-order chi connectivity index (χ1) is 14.9. The van der Waals surface area contributed by atoms with Crippen molar-refractivity contribution >= 4 is 11.8 Å². The number of hydroxylamine groups is 1. The van der Waals surface area contributed by atoms with Gasteiger partial charge in [0.05, 0.1) is 12.7 Å². The molecule has 2 atom stereocenters. The molecule has 0 saturated heterocycles. The second-order valence-electron chi connectivity index (χ2n) is 6.86. The number of ether oxygens (including phenoxy) is 1. The Labute approximate surface area is 181 Å². The van der Waals surface area contributed by atoms with Crippen LogP contribution in [0, 0.1) is 11.8 Å². The minimum Gasteiger partial charge on any atom is -0.391 e. The van der Waals surface area contributed by atoms with Gasteiger partial charge in [0.15, 0.2) is 0 Å². The highest BCUT2D eigenvalue weighted by molar-refractivity contribution is 5.97. The largest absolute Gasteiger partial charge is 0.391 e. The molecule has 31 heavy (non-hydrogen) atoms. The van der Waals surface area contributed by atoms with E-state index < -0.39 is 24.0 Å². The van der Waals surface area contributed by atoms with Gasteiger partial charge in [-0.3, -0.25) is 14.8 Å². The highest BCUT2D eigenvalue weighted by Gasteiger charge is 2.25. The molecule has 8 nitrogen and oxygen atoms in total. The van der Waals surface area contributed by atoms with E-state index in [9.17, 15) is 14.7 Å². The van der Waals surface area contributed by atoms with E-state index in [1.807, 2.05) is 24.3 Å². The summed E-state index contributed by atoms with van der Waals surface area (Å²) in [6, 6.07) is 13.2. The van der Waals surface area contributed by atoms with Crippen LogP contribution in [0.4, 0.5) is 0 Å². The highest BCUT2D eigenvalue weighted by Crippen LogP contribution is 2.07. The molecule has 0 saturated carbocycles. The lowest BCUT2D eigenvalue weighted by atomic mass is 10.1. The lowest BCUT2D eigenvalue weighted by Crippen LogP contribution is -2.51. The first kappa shape index (κ1) is 24.1. The predicted molar refractivity (Wildman–Crippen MR) is 115 cm³/mol. The van der Waals surface area contributed by atoms with Gasteiger partial charge in [0.25, 0.3) is 11.8 Å². The molecule has 0 unspecified atom stereocenters. The quantitative estimate of drug-likeness (QED) is 0.176. The van der Waals surface area contributed by atoms with E-state index in [0.717, 1.165) is 29.8 Å². The van der Waals surface area contributed by atoms with Crippen molar-refractivity contribution in [3.8, 4) is 11.8 Å². The molecular weight excluding hydrogens is 398 g/mol. The third-order valence-corrected chi connectivity index (χ3v) is 4.43. The molecule has 0 fully saturated rings. The molecule has 2 rings (SSSR count). The number of methoxy groups -OCH3 is 1. The molecule has 0 heterocycles. The SMILES string of the molecule is COCCNCc1ccc(C#Cc2ccc(C(=O)N[C@H](C(=O)NO)[C@@H](C)O)cc2)cc1. The average Bonchev–Trinajstić information content (AvgIpc) is 2.79. The Kier molecular flexibility index (Phi) is 9.68. The number of benzene rings is 2. The molecule has 0 aliphatic heterocycles. The Bertz CT molecular complexity index is 915. The summed E-state index contributed by atoms with van der Waals surface area (Å²) in [5.74, 6) is 4.67. The van der Waals surface area contributed by atoms with Gasteiger partial charge in [-0.2, -0.15) is 0 Å². The topological polar surface area (TPSA) is 120 Å². The molecular formula is C23H27N3O5. The second-order valence-corrected chi connectivity index (χ2v) is 6.86. The average molecular weight is 425 g/mol. The summed E-state index contributed by atoms with van der Waals surface area (Å²) in [6.07, 6.45) is -1.17. The highest BCUT2D eigenvalue weighted by atomic mass is 16.5. The smallest absolute Gasteiger partial charge is 0.268 e. The van der Waals surface area contributed by atoms with E-state index >= 15 is 0 Å². The Morgan fingerprint density at radius 2 is 1.61 bits per heavy atom. The second kappa shape index (κ2) is 12.5. The van der Waals surface area contributed by atoms with Crippen molar-refractivity contribution in [2.24, 2.45) is 0 Å². The molecule has 0 aliphatic carbocycles. The lowest BCUT2D eigenvalue weighted by Gasteiger charge is -2.19. The Balaban J connectivity index is 1.96. The number of carbonyl (C=O) groups is 2. The van der Waals surface area contributed by atoms with E-state index in [-0.39, 0.29) is 0 Å². The molecule has 0 aromatic heterocycles. The fourth-order valence-electron chi connectivity index (χ4n) is 2.66. The molecule has 0 radical (unpaired) electrons. The van der Waals surface area contributed by atoms with Crippen LogP contribution in [0.25, 0.3) is 0 Å². The van der Waals surface area contributed by atoms with Crippen LogP contribution in [0.15, 0.2) is 48.5 Å². The van der Waals surface area contributed by atoms with Crippen molar-refractivity contribution in [1.82, 2.24) is 16.1 Å². The van der Waals surface area contributed by atoms with Crippen LogP contribution in [-0.4, -0.2) is 54.5 Å². The van der Waals surface area contributed by atoms with Crippen LogP contribution in [0.2, 0.25) is 0 Å². The van der Waals surface area contributed by atoms with Crippen LogP contribution in [0.5, 0.6) is 0 Å². The van der Waals surface area contributed by atoms with Crippen molar-refractivity contribution in [3.63, 3.8) is 0 Å². The number of hydrogen-bond donors (Lipinski definition) is 5. The summed E-state index contributed by atoms with van der Waals surface area (Å²) in [5, 5.41) is 24.0. The van der Waals surface area contributed by atoms with Gasteiger partial charge < -0.3 is 20.5 Å². The molecule has 5 N–H and O–H groups in total. The first-order valence-corrected chi connectivity index (χ1v) is 9.78. The van der Waals surface area contributed by atoms with Crippen molar-refractivity contribution in [2.45, 2.75) is 25.6 Å². The number of aliphatic hydroxyl groups is 1. The van der Waals surface area contributed by atoms with Crippen molar-refractivity contribution in [3.05, 3.63) is 70.8 Å². The Morgan fingerprint density at radius 1 is 1.03 bits per heavy atom. The van der Waals surface area contributed by atoms with Gasteiger partial charge in [0.1, 0.15) is 6.04 Å². The molecule has 2 amide bonds. The Hall–Kier alpha value is -3.22. The van der Waals surface area contributed by atoms with Gasteiger partial charge in [0.2, 0.25) is 0 Å². The van der Waals surface area contributed by atoms with Crippen LogP contribution in [0.3, 0.4) is 0 Å². The van der Waals surface area contributed by atoms with Gasteiger partial charge in [-0.05, 0) is 48.9 Å². The number of hydrogen-bond acceptors (Lipinski definition) is 6. The van der Waals surface area contributed by atoms with E-state index in [1.165, 1.54) is 12.4 Å². The summed E-state index contributed by atoms with van der Waals surface area (Å²) in [6.45, 7) is 3.56. The zero-order valence-corrected chi connectivity index (χ0v) is 17.5. The minimum absolute atomic E-state index is 0.298. The summed E-state index contributed by atoms with van der Waals surface area (Å²) >= 11 is 0. The molecule has 8 heteroatoms. The number of carbonyl (C=O) groups excluding carboxylic acids is 2. The lowest BCUT2D eigenvalue weighted by molar-refractivity contribution is -0.133. The number of amides is 2. The maximum Gasteiger partial charge on any atom is 0.268 e. The van der Waals surface area contributed by atoms with E-state index in [4.69, 9.17) is 9.94 Å². The Morgan fingerprint density at radius 3 is 2.13 bits per heavy atom. The summed E-state index contributed by atoms with van der Waals surface area (Å²) in [7, 11) is 1.67. The number of rotatable bonds is 9. The van der Waals surface area contributed by atoms with Gasteiger partial charge in [-0.15, -0.1) is 0 Å². The van der Waals surface area contributed by atoms with Crippen LogP contribution in [0.1, 0.15) is 34.0 Å². The fourth-order valence-corrected chi connectivity index (χ4v) is 2.66. The summed E-state index contributed by atoms with van der Waals surface area (Å²) in [4.78, 5) is 23.8. The molecule has 0 spiro atoms. The standard InChI is InChI=1S/C23H27N3O5/c1-16(27)21(23(29)26-30)25-22(28)20-11-9-18(10-12-20)4-3-17-5-7-19(8-6-17)15-24-13-14-31-2/h5-12,16,21,24,27,30H,13-15H2,1-2H3,(H,25,28)(H,26,29)/t16-,21+/m1/s1.